The number of hydrogen-bond donors (Lipinski definition) is 2. The number of nitrogens with zero attached hydrogens (tertiary/aromatic N) is 2. The van der Waals surface area contributed by atoms with E-state index >= 15 is 0 Å². The quantitative estimate of drug-likeness (QED) is 0.864. The molecule has 2 N–H and O–H groups in total. The summed E-state index contributed by atoms with van der Waals surface area (Å²) >= 11 is 0. The fraction of sp³-hybridized carbons (Fsp3) is 0.611. The highest BCUT2D eigenvalue weighted by Gasteiger charge is 2.25. The number of carbonyl (C=O) groups is 2. The van der Waals surface area contributed by atoms with Crippen molar-refractivity contribution < 1.29 is 9.59 Å². The summed E-state index contributed by atoms with van der Waals surface area (Å²) < 4.78 is 1.41. The topological polar surface area (TPSA) is 83.4 Å². The molecule has 0 aromatic carbocycles. The second kappa shape index (κ2) is 7.72. The van der Waals surface area contributed by atoms with Crippen molar-refractivity contribution in [2.24, 2.45) is 13.0 Å². The SMILES string of the molecule is Cn1cccc(C(=O)N2CCC(CNC(=O)NC(C)(C)C)CC2)c1=O. The van der Waals surface area contributed by atoms with Crippen molar-refractivity contribution >= 4 is 11.9 Å². The first-order valence-corrected chi connectivity index (χ1v) is 8.68. The lowest BCUT2D eigenvalue weighted by atomic mass is 9.96. The zero-order chi connectivity index (χ0) is 18.6. The number of nitrogens with one attached hydrogen (secondary N) is 2. The zero-order valence-electron chi connectivity index (χ0n) is 15.5. The molecule has 0 aliphatic carbocycles. The number of pyridine rings is 1. The minimum atomic E-state index is -0.268. The molecule has 0 atom stereocenters. The summed E-state index contributed by atoms with van der Waals surface area (Å²) in [5, 5.41) is 5.76. The van der Waals surface area contributed by atoms with Crippen molar-refractivity contribution in [2.75, 3.05) is 19.6 Å². The molecule has 3 amide bonds. The number of piperidine rings is 1. The third-order valence-electron chi connectivity index (χ3n) is 4.30. The second-order valence-electron chi connectivity index (χ2n) is 7.66. The number of likely N-dealkylation sites (tertiary alicyclic amines) is 1. The van der Waals surface area contributed by atoms with Gasteiger partial charge in [0.25, 0.3) is 11.5 Å². The van der Waals surface area contributed by atoms with Crippen LogP contribution < -0.4 is 16.2 Å². The third-order valence-corrected chi connectivity index (χ3v) is 4.30. The molecular formula is C18H28N4O3. The van der Waals surface area contributed by atoms with Crippen molar-refractivity contribution in [3.63, 3.8) is 0 Å². The van der Waals surface area contributed by atoms with Crippen LogP contribution in [0.5, 0.6) is 0 Å². The molecule has 1 fully saturated rings. The molecule has 2 rings (SSSR count). The normalized spacial score (nSPS) is 15.8. The van der Waals surface area contributed by atoms with Gasteiger partial charge < -0.3 is 20.1 Å². The molecule has 2 heterocycles. The van der Waals surface area contributed by atoms with Gasteiger partial charge in [0, 0.05) is 38.4 Å². The molecule has 0 spiro atoms. The summed E-state index contributed by atoms with van der Waals surface area (Å²) in [5.41, 5.74) is -0.317. The predicted molar refractivity (Wildman–Crippen MR) is 96.6 cm³/mol. The van der Waals surface area contributed by atoms with E-state index in [9.17, 15) is 14.4 Å². The Bertz CT molecular complexity index is 682. The van der Waals surface area contributed by atoms with Crippen LogP contribution in [0.4, 0.5) is 4.79 Å². The standard InChI is InChI=1S/C18H28N4O3/c1-18(2,3)20-17(25)19-12-13-7-10-22(11-8-13)16(24)14-6-5-9-21(4)15(14)23/h5-6,9,13H,7-8,10-12H2,1-4H3,(H2,19,20,25). The first-order chi connectivity index (χ1) is 11.7. The fourth-order valence-corrected chi connectivity index (χ4v) is 2.89. The highest BCUT2D eigenvalue weighted by Crippen LogP contribution is 2.17. The molecule has 7 nitrogen and oxygen atoms in total. The van der Waals surface area contributed by atoms with E-state index in [-0.39, 0.29) is 28.6 Å². The maximum absolute atomic E-state index is 12.5. The van der Waals surface area contributed by atoms with E-state index in [4.69, 9.17) is 0 Å². The number of carbonyl (C=O) groups excluding carboxylic acids is 2. The summed E-state index contributed by atoms with van der Waals surface area (Å²) in [4.78, 5) is 38.1. The molecule has 0 radical (unpaired) electrons. The maximum Gasteiger partial charge on any atom is 0.315 e. The Balaban J connectivity index is 1.83. The maximum atomic E-state index is 12.5. The summed E-state index contributed by atoms with van der Waals surface area (Å²) in [7, 11) is 1.64. The van der Waals surface area contributed by atoms with Crippen molar-refractivity contribution in [3.8, 4) is 0 Å². The lowest BCUT2D eigenvalue weighted by Gasteiger charge is -2.32. The largest absolute Gasteiger partial charge is 0.338 e. The van der Waals surface area contributed by atoms with Gasteiger partial charge in [-0.3, -0.25) is 9.59 Å². The first-order valence-electron chi connectivity index (χ1n) is 8.68. The van der Waals surface area contributed by atoms with E-state index in [0.29, 0.717) is 25.6 Å². The van der Waals surface area contributed by atoms with E-state index in [0.717, 1.165) is 12.8 Å². The number of urea groups is 1. The van der Waals surface area contributed by atoms with E-state index < -0.39 is 0 Å². The molecule has 1 aliphatic heterocycles. The van der Waals surface area contributed by atoms with Gasteiger partial charge >= 0.3 is 6.03 Å². The second-order valence-corrected chi connectivity index (χ2v) is 7.66. The van der Waals surface area contributed by atoms with E-state index in [1.165, 1.54) is 4.57 Å². The van der Waals surface area contributed by atoms with Gasteiger partial charge in [-0.2, -0.15) is 0 Å². The highest BCUT2D eigenvalue weighted by atomic mass is 16.2. The van der Waals surface area contributed by atoms with Gasteiger partial charge in [-0.1, -0.05) is 0 Å². The van der Waals surface area contributed by atoms with Crippen LogP contribution in [-0.2, 0) is 7.05 Å². The summed E-state index contributed by atoms with van der Waals surface area (Å²) in [5.74, 6) is 0.131. The molecule has 1 aromatic heterocycles. The molecule has 7 heteroatoms. The Hall–Kier alpha value is -2.31. The molecule has 1 aromatic rings. The molecule has 25 heavy (non-hydrogen) atoms. The fourth-order valence-electron chi connectivity index (χ4n) is 2.89. The van der Waals surface area contributed by atoms with Crippen molar-refractivity contribution in [2.45, 2.75) is 39.2 Å². The predicted octanol–water partition coefficient (Wildman–Crippen LogP) is 1.34. The Labute approximate surface area is 148 Å². The lowest BCUT2D eigenvalue weighted by molar-refractivity contribution is 0.0688. The molecule has 0 bridgehead atoms. The van der Waals surface area contributed by atoms with Gasteiger partial charge in [0.05, 0.1) is 0 Å². The van der Waals surface area contributed by atoms with Crippen LogP contribution in [0.1, 0.15) is 44.0 Å². The van der Waals surface area contributed by atoms with Crippen LogP contribution in [-0.4, -0.2) is 46.6 Å². The van der Waals surface area contributed by atoms with Gasteiger partial charge in [0.2, 0.25) is 0 Å². The molecule has 1 saturated heterocycles. The summed E-state index contributed by atoms with van der Waals surface area (Å²) in [6.45, 7) is 7.60. The van der Waals surface area contributed by atoms with Crippen LogP contribution in [0.3, 0.4) is 0 Å². The van der Waals surface area contributed by atoms with Crippen molar-refractivity contribution in [1.29, 1.82) is 0 Å². The zero-order valence-corrected chi connectivity index (χ0v) is 15.5. The van der Waals surface area contributed by atoms with Gasteiger partial charge in [-0.05, 0) is 51.7 Å². The van der Waals surface area contributed by atoms with Gasteiger partial charge in [0.1, 0.15) is 5.56 Å². The highest BCUT2D eigenvalue weighted by molar-refractivity contribution is 5.93. The molecule has 0 saturated carbocycles. The van der Waals surface area contributed by atoms with Crippen LogP contribution in [0, 0.1) is 5.92 Å². The van der Waals surface area contributed by atoms with Crippen LogP contribution in [0.15, 0.2) is 23.1 Å². The van der Waals surface area contributed by atoms with Crippen LogP contribution >= 0.6 is 0 Å². The van der Waals surface area contributed by atoms with Gasteiger partial charge in [-0.25, -0.2) is 4.79 Å². The Kier molecular flexibility index (Phi) is 5.87. The van der Waals surface area contributed by atoms with E-state index in [1.807, 2.05) is 20.8 Å². The number of amides is 3. The minimum absolute atomic E-state index is 0.168. The van der Waals surface area contributed by atoms with Crippen LogP contribution in [0.2, 0.25) is 0 Å². The molecular weight excluding hydrogens is 320 g/mol. The summed E-state index contributed by atoms with van der Waals surface area (Å²) in [6, 6.07) is 3.12. The number of aryl methyl sites for hydroxylation is 1. The van der Waals surface area contributed by atoms with Gasteiger partial charge in [0.15, 0.2) is 0 Å². The van der Waals surface area contributed by atoms with Crippen molar-refractivity contribution in [3.05, 3.63) is 34.2 Å². The third kappa shape index (κ3) is 5.34. The number of hydrogen-bond acceptors (Lipinski definition) is 3. The average Bonchev–Trinajstić information content (AvgIpc) is 2.54. The Morgan fingerprint density at radius 3 is 2.48 bits per heavy atom. The molecule has 0 unspecified atom stereocenters. The molecule has 138 valence electrons. The van der Waals surface area contributed by atoms with E-state index in [1.54, 1.807) is 30.3 Å². The summed E-state index contributed by atoms with van der Waals surface area (Å²) in [6.07, 6.45) is 3.27. The van der Waals surface area contributed by atoms with Gasteiger partial charge in [-0.15, -0.1) is 0 Å². The Morgan fingerprint density at radius 1 is 1.24 bits per heavy atom. The minimum Gasteiger partial charge on any atom is -0.338 e. The van der Waals surface area contributed by atoms with Crippen LogP contribution in [0.25, 0.3) is 0 Å². The lowest BCUT2D eigenvalue weighted by Crippen LogP contribution is -2.48. The smallest absolute Gasteiger partial charge is 0.315 e. The van der Waals surface area contributed by atoms with Crippen molar-refractivity contribution in [1.82, 2.24) is 20.1 Å². The van der Waals surface area contributed by atoms with E-state index in [2.05, 4.69) is 10.6 Å². The molecule has 1 aliphatic rings. The first kappa shape index (κ1) is 19.0. The average molecular weight is 348 g/mol. The number of aromatic nitrogens is 1. The number of rotatable bonds is 3. The monoisotopic (exact) mass is 348 g/mol. The Morgan fingerprint density at radius 2 is 1.88 bits per heavy atom.